The number of benzene rings is 1. The normalized spacial score (nSPS) is 14.0. The summed E-state index contributed by atoms with van der Waals surface area (Å²) in [4.78, 5) is 11.7. The van der Waals surface area contributed by atoms with Crippen LogP contribution >= 0.6 is 0 Å². The summed E-state index contributed by atoms with van der Waals surface area (Å²) in [6.45, 7) is 4.45. The zero-order valence-corrected chi connectivity index (χ0v) is 10.9. The van der Waals surface area contributed by atoms with Crippen LogP contribution in [-0.4, -0.2) is 12.5 Å². The van der Waals surface area contributed by atoms with Gasteiger partial charge in [-0.1, -0.05) is 19.1 Å². The summed E-state index contributed by atoms with van der Waals surface area (Å²) >= 11 is 0. The van der Waals surface area contributed by atoms with Crippen molar-refractivity contribution in [1.29, 1.82) is 0 Å². The fourth-order valence-electron chi connectivity index (χ4n) is 1.67. The van der Waals surface area contributed by atoms with Gasteiger partial charge in [-0.2, -0.15) is 0 Å². The first-order chi connectivity index (χ1) is 8.52. The summed E-state index contributed by atoms with van der Waals surface area (Å²) < 4.78 is 13.0. The third kappa shape index (κ3) is 4.84. The van der Waals surface area contributed by atoms with E-state index in [1.165, 1.54) is 12.1 Å². The molecule has 0 aromatic heterocycles. The number of nitrogens with two attached hydrogens (primary N) is 1. The van der Waals surface area contributed by atoms with Gasteiger partial charge in [0.2, 0.25) is 5.91 Å². The molecule has 1 amide bonds. The summed E-state index contributed by atoms with van der Waals surface area (Å²) in [5.41, 5.74) is 6.27. The van der Waals surface area contributed by atoms with Gasteiger partial charge in [0, 0.05) is 6.42 Å². The molecule has 4 heteroatoms. The van der Waals surface area contributed by atoms with Crippen LogP contribution in [0.3, 0.4) is 0 Å². The van der Waals surface area contributed by atoms with Crippen LogP contribution < -0.4 is 11.1 Å². The molecule has 0 bridgehead atoms. The van der Waals surface area contributed by atoms with Crippen LogP contribution in [0.2, 0.25) is 0 Å². The maximum absolute atomic E-state index is 13.0. The Morgan fingerprint density at radius 2 is 2.17 bits per heavy atom. The zero-order valence-electron chi connectivity index (χ0n) is 10.9. The molecule has 0 aliphatic rings. The molecule has 18 heavy (non-hydrogen) atoms. The maximum Gasteiger partial charge on any atom is 0.220 e. The lowest BCUT2D eigenvalue weighted by Gasteiger charge is -2.15. The molecule has 3 N–H and O–H groups in total. The van der Waals surface area contributed by atoms with Crippen molar-refractivity contribution >= 4 is 5.91 Å². The molecule has 0 spiro atoms. The van der Waals surface area contributed by atoms with Crippen molar-refractivity contribution in [1.82, 2.24) is 5.32 Å². The molecule has 0 radical (unpaired) electrons. The van der Waals surface area contributed by atoms with E-state index in [1.807, 2.05) is 13.8 Å². The number of hydrogen-bond acceptors (Lipinski definition) is 2. The molecule has 0 fully saturated rings. The fraction of sp³-hybridized carbons (Fsp3) is 0.500. The van der Waals surface area contributed by atoms with Gasteiger partial charge >= 0.3 is 0 Å². The Morgan fingerprint density at radius 1 is 1.44 bits per heavy atom. The highest BCUT2D eigenvalue weighted by Crippen LogP contribution is 2.14. The first-order valence-corrected chi connectivity index (χ1v) is 6.27. The highest BCUT2D eigenvalue weighted by molar-refractivity contribution is 5.76. The third-order valence-electron chi connectivity index (χ3n) is 2.99. The Labute approximate surface area is 108 Å². The lowest BCUT2D eigenvalue weighted by atomic mass is 10.0. The van der Waals surface area contributed by atoms with E-state index in [4.69, 9.17) is 5.73 Å². The summed E-state index contributed by atoms with van der Waals surface area (Å²) in [6, 6.07) is 6.09. The second-order valence-electron chi connectivity index (χ2n) is 4.72. The van der Waals surface area contributed by atoms with Gasteiger partial charge < -0.3 is 11.1 Å². The minimum Gasteiger partial charge on any atom is -0.350 e. The molecule has 0 aliphatic carbocycles. The first kappa shape index (κ1) is 14.6. The summed E-state index contributed by atoms with van der Waals surface area (Å²) in [6.07, 6.45) is 1.23. The quantitative estimate of drug-likeness (QED) is 0.816. The van der Waals surface area contributed by atoms with Crippen LogP contribution in [0.1, 0.15) is 38.3 Å². The van der Waals surface area contributed by atoms with Gasteiger partial charge in [-0.3, -0.25) is 4.79 Å². The SMILES string of the molecule is CC(CN)CCC(=O)N[C@@H](C)c1cccc(F)c1. The van der Waals surface area contributed by atoms with Crippen molar-refractivity contribution < 1.29 is 9.18 Å². The minimum atomic E-state index is -0.287. The van der Waals surface area contributed by atoms with E-state index in [9.17, 15) is 9.18 Å². The van der Waals surface area contributed by atoms with Gasteiger partial charge in [-0.25, -0.2) is 4.39 Å². The second kappa shape index (κ2) is 7.11. The maximum atomic E-state index is 13.0. The monoisotopic (exact) mass is 252 g/mol. The Balaban J connectivity index is 2.44. The predicted octanol–water partition coefficient (Wildman–Crippen LogP) is 2.38. The zero-order chi connectivity index (χ0) is 13.5. The number of carbonyl (C=O) groups excluding carboxylic acids is 1. The predicted molar refractivity (Wildman–Crippen MR) is 70.4 cm³/mol. The Kier molecular flexibility index (Phi) is 5.78. The average molecular weight is 252 g/mol. The summed E-state index contributed by atoms with van der Waals surface area (Å²) in [7, 11) is 0. The standard InChI is InChI=1S/C14H21FN2O/c1-10(9-16)6-7-14(18)17-11(2)12-4-3-5-13(15)8-12/h3-5,8,10-11H,6-7,9,16H2,1-2H3,(H,17,18)/t10?,11-/m0/s1. The van der Waals surface area contributed by atoms with Gasteiger partial charge in [0.25, 0.3) is 0 Å². The molecule has 1 aromatic rings. The van der Waals surface area contributed by atoms with E-state index in [2.05, 4.69) is 5.32 Å². The molecule has 0 saturated carbocycles. The van der Waals surface area contributed by atoms with Gasteiger partial charge in [-0.15, -0.1) is 0 Å². The van der Waals surface area contributed by atoms with Crippen molar-refractivity contribution in [3.8, 4) is 0 Å². The van der Waals surface area contributed by atoms with Gasteiger partial charge in [-0.05, 0) is 43.5 Å². The second-order valence-corrected chi connectivity index (χ2v) is 4.72. The molecule has 0 aliphatic heterocycles. The van der Waals surface area contributed by atoms with Crippen molar-refractivity contribution in [3.05, 3.63) is 35.6 Å². The number of halogens is 1. The number of hydrogen-bond donors (Lipinski definition) is 2. The number of amides is 1. The molecule has 2 atom stereocenters. The molecule has 1 rings (SSSR count). The number of rotatable bonds is 6. The van der Waals surface area contributed by atoms with Gasteiger partial charge in [0.1, 0.15) is 5.82 Å². The van der Waals surface area contributed by atoms with Gasteiger partial charge in [0.05, 0.1) is 6.04 Å². The van der Waals surface area contributed by atoms with Gasteiger partial charge in [0.15, 0.2) is 0 Å². The third-order valence-corrected chi connectivity index (χ3v) is 2.99. The van der Waals surface area contributed by atoms with E-state index < -0.39 is 0 Å². The van der Waals surface area contributed by atoms with Crippen molar-refractivity contribution in [2.24, 2.45) is 11.7 Å². The Morgan fingerprint density at radius 3 is 2.78 bits per heavy atom. The number of nitrogens with one attached hydrogen (secondary N) is 1. The lowest BCUT2D eigenvalue weighted by molar-refractivity contribution is -0.122. The highest BCUT2D eigenvalue weighted by atomic mass is 19.1. The minimum absolute atomic E-state index is 0.0212. The Hall–Kier alpha value is -1.42. The molecule has 100 valence electrons. The van der Waals surface area contributed by atoms with Crippen molar-refractivity contribution in [3.63, 3.8) is 0 Å². The molecule has 0 saturated heterocycles. The van der Waals surface area contributed by atoms with E-state index in [-0.39, 0.29) is 17.8 Å². The Bertz CT molecular complexity index is 395. The van der Waals surface area contributed by atoms with Crippen molar-refractivity contribution in [2.45, 2.75) is 32.7 Å². The molecular formula is C14H21FN2O. The first-order valence-electron chi connectivity index (χ1n) is 6.27. The topological polar surface area (TPSA) is 55.1 Å². The van der Waals surface area contributed by atoms with Crippen LogP contribution in [0.25, 0.3) is 0 Å². The van der Waals surface area contributed by atoms with Crippen LogP contribution in [0.4, 0.5) is 4.39 Å². The molecule has 3 nitrogen and oxygen atoms in total. The van der Waals surface area contributed by atoms with Crippen molar-refractivity contribution in [2.75, 3.05) is 6.54 Å². The van der Waals surface area contributed by atoms with E-state index >= 15 is 0 Å². The largest absolute Gasteiger partial charge is 0.350 e. The molecule has 1 aromatic carbocycles. The molecule has 1 unspecified atom stereocenters. The fourth-order valence-corrected chi connectivity index (χ4v) is 1.67. The molecule has 0 heterocycles. The highest BCUT2D eigenvalue weighted by Gasteiger charge is 2.11. The lowest BCUT2D eigenvalue weighted by Crippen LogP contribution is -2.27. The number of carbonyl (C=O) groups is 1. The van der Waals surface area contributed by atoms with E-state index in [1.54, 1.807) is 12.1 Å². The van der Waals surface area contributed by atoms with E-state index in [0.717, 1.165) is 12.0 Å². The average Bonchev–Trinajstić information content (AvgIpc) is 2.35. The van der Waals surface area contributed by atoms with E-state index in [0.29, 0.717) is 18.9 Å². The van der Waals surface area contributed by atoms with Crippen LogP contribution in [0, 0.1) is 11.7 Å². The smallest absolute Gasteiger partial charge is 0.220 e. The summed E-state index contributed by atoms with van der Waals surface area (Å²) in [5.74, 6) is 0.0395. The van der Waals surface area contributed by atoms with Crippen LogP contribution in [0.5, 0.6) is 0 Å². The van der Waals surface area contributed by atoms with Crippen LogP contribution in [0.15, 0.2) is 24.3 Å². The summed E-state index contributed by atoms with van der Waals surface area (Å²) in [5, 5.41) is 2.86. The molecular weight excluding hydrogens is 231 g/mol. The van der Waals surface area contributed by atoms with Crippen LogP contribution in [-0.2, 0) is 4.79 Å².